The maximum absolute atomic E-state index is 14.0. The molecule has 10 heteroatoms. The molecule has 9 nitrogen and oxygen atoms in total. The Hall–Kier alpha value is -4.11. The molecular weight excluding hydrogens is 512 g/mol. The number of nitrogens with zero attached hydrogens (tertiary/aromatic N) is 1. The SMILES string of the molecule is COc1ccc(NC(=O)[C@H]2c3cc(OC)c(OC)cc3C(=O)N(C)[C@@H]2c2ccc(OC)c(OC)c2)cc1Cl. The largest absolute Gasteiger partial charge is 0.495 e. The van der Waals surface area contributed by atoms with Crippen molar-refractivity contribution in [3.63, 3.8) is 0 Å². The van der Waals surface area contributed by atoms with E-state index in [1.54, 1.807) is 61.5 Å². The van der Waals surface area contributed by atoms with E-state index in [2.05, 4.69) is 5.32 Å². The number of benzene rings is 3. The number of rotatable bonds is 8. The lowest BCUT2D eigenvalue weighted by Crippen LogP contribution is -2.44. The molecule has 200 valence electrons. The maximum atomic E-state index is 14.0. The van der Waals surface area contributed by atoms with Crippen LogP contribution in [0.2, 0.25) is 5.02 Å². The van der Waals surface area contributed by atoms with Gasteiger partial charge >= 0.3 is 0 Å². The number of anilines is 1. The summed E-state index contributed by atoms with van der Waals surface area (Å²) in [6.07, 6.45) is 0. The number of likely N-dealkylation sites (N-methyl/N-ethyl adjacent to an activating group) is 1. The molecular formula is C28H29ClN2O7. The molecule has 0 unspecified atom stereocenters. The van der Waals surface area contributed by atoms with Gasteiger partial charge in [-0.2, -0.15) is 0 Å². The van der Waals surface area contributed by atoms with Crippen LogP contribution in [0, 0.1) is 0 Å². The maximum Gasteiger partial charge on any atom is 0.254 e. The van der Waals surface area contributed by atoms with E-state index < -0.39 is 12.0 Å². The molecule has 1 aliphatic heterocycles. The highest BCUT2D eigenvalue weighted by molar-refractivity contribution is 6.32. The molecule has 2 atom stereocenters. The first kappa shape index (κ1) is 26.9. The van der Waals surface area contributed by atoms with Crippen molar-refractivity contribution in [2.24, 2.45) is 0 Å². The van der Waals surface area contributed by atoms with Crippen molar-refractivity contribution in [1.29, 1.82) is 0 Å². The fourth-order valence-corrected chi connectivity index (χ4v) is 5.01. The van der Waals surface area contributed by atoms with Crippen molar-refractivity contribution >= 4 is 29.1 Å². The minimum absolute atomic E-state index is 0.266. The molecule has 0 saturated carbocycles. The minimum Gasteiger partial charge on any atom is -0.495 e. The number of methoxy groups -OCH3 is 5. The van der Waals surface area contributed by atoms with Crippen LogP contribution < -0.4 is 29.0 Å². The Kier molecular flexibility index (Phi) is 7.87. The van der Waals surface area contributed by atoms with E-state index in [1.807, 2.05) is 6.07 Å². The molecule has 0 saturated heterocycles. The first-order chi connectivity index (χ1) is 18.3. The summed E-state index contributed by atoms with van der Waals surface area (Å²) in [5.74, 6) is 0.839. The van der Waals surface area contributed by atoms with Gasteiger partial charge in [-0.1, -0.05) is 17.7 Å². The van der Waals surface area contributed by atoms with Gasteiger partial charge < -0.3 is 33.9 Å². The number of carbonyl (C=O) groups excluding carboxylic acids is 2. The van der Waals surface area contributed by atoms with Gasteiger partial charge in [0.1, 0.15) is 5.75 Å². The fourth-order valence-electron chi connectivity index (χ4n) is 4.75. The standard InChI is InChI=1S/C28H29ClN2O7/c1-31-26(15-7-9-21(35-3)22(11-15)36-4)25(27(32)30-16-8-10-20(34-2)19(29)12-16)17-13-23(37-5)24(38-6)14-18(17)28(31)33/h7-14,25-26H,1-6H3,(H,30,32)/t25-,26+/m0/s1. The first-order valence-corrected chi connectivity index (χ1v) is 12.0. The Morgan fingerprint density at radius 3 is 1.97 bits per heavy atom. The monoisotopic (exact) mass is 540 g/mol. The Labute approximate surface area is 226 Å². The summed E-state index contributed by atoms with van der Waals surface area (Å²) in [4.78, 5) is 29.2. The Morgan fingerprint density at radius 2 is 1.37 bits per heavy atom. The fraction of sp³-hybridized carbons (Fsp3) is 0.286. The van der Waals surface area contributed by atoms with Gasteiger partial charge in [0.15, 0.2) is 23.0 Å². The van der Waals surface area contributed by atoms with E-state index in [4.69, 9.17) is 35.3 Å². The number of hydrogen-bond donors (Lipinski definition) is 1. The predicted molar refractivity (Wildman–Crippen MR) is 143 cm³/mol. The van der Waals surface area contributed by atoms with Crippen molar-refractivity contribution in [2.45, 2.75) is 12.0 Å². The molecule has 0 fully saturated rings. The molecule has 4 rings (SSSR count). The van der Waals surface area contributed by atoms with Crippen molar-refractivity contribution in [2.75, 3.05) is 47.9 Å². The molecule has 0 aliphatic carbocycles. The normalized spacial score (nSPS) is 16.4. The van der Waals surface area contributed by atoms with Crippen LogP contribution >= 0.6 is 11.6 Å². The van der Waals surface area contributed by atoms with Gasteiger partial charge in [-0.05, 0) is 53.6 Å². The number of amides is 2. The topological polar surface area (TPSA) is 95.6 Å². The zero-order chi connectivity index (χ0) is 27.6. The van der Waals surface area contributed by atoms with E-state index in [9.17, 15) is 9.59 Å². The summed E-state index contributed by atoms with van der Waals surface area (Å²) in [5.41, 5.74) is 2.01. The molecule has 1 aliphatic rings. The third kappa shape index (κ3) is 4.77. The van der Waals surface area contributed by atoms with Gasteiger partial charge in [0.2, 0.25) is 5.91 Å². The van der Waals surface area contributed by atoms with Crippen LogP contribution in [0.5, 0.6) is 28.7 Å². The summed E-state index contributed by atoms with van der Waals surface area (Å²) in [5, 5.41) is 3.30. The lowest BCUT2D eigenvalue weighted by atomic mass is 9.79. The zero-order valence-electron chi connectivity index (χ0n) is 22.0. The minimum atomic E-state index is -0.827. The van der Waals surface area contributed by atoms with Crippen LogP contribution in [0.4, 0.5) is 5.69 Å². The van der Waals surface area contributed by atoms with Crippen molar-refractivity contribution in [3.05, 3.63) is 70.2 Å². The highest BCUT2D eigenvalue weighted by Crippen LogP contribution is 2.47. The Bertz CT molecular complexity index is 1380. The van der Waals surface area contributed by atoms with Gasteiger partial charge in [-0.15, -0.1) is 0 Å². The summed E-state index contributed by atoms with van der Waals surface area (Å²) in [6.45, 7) is 0. The third-order valence-corrected chi connectivity index (χ3v) is 6.92. The number of ether oxygens (including phenoxy) is 5. The highest BCUT2D eigenvalue weighted by atomic mass is 35.5. The van der Waals surface area contributed by atoms with Crippen LogP contribution in [-0.2, 0) is 4.79 Å². The molecule has 1 N–H and O–H groups in total. The molecule has 3 aromatic rings. The molecule has 38 heavy (non-hydrogen) atoms. The first-order valence-electron chi connectivity index (χ1n) is 11.7. The second-order valence-corrected chi connectivity index (χ2v) is 8.99. The lowest BCUT2D eigenvalue weighted by molar-refractivity contribution is -0.119. The molecule has 0 spiro atoms. The van der Waals surface area contributed by atoms with Crippen LogP contribution in [0.3, 0.4) is 0 Å². The molecule has 1 heterocycles. The van der Waals surface area contributed by atoms with Crippen molar-refractivity contribution < 1.29 is 33.3 Å². The van der Waals surface area contributed by atoms with E-state index >= 15 is 0 Å². The molecule has 3 aromatic carbocycles. The highest BCUT2D eigenvalue weighted by Gasteiger charge is 2.44. The van der Waals surface area contributed by atoms with E-state index in [-0.39, 0.29) is 11.8 Å². The van der Waals surface area contributed by atoms with Gasteiger partial charge in [0.05, 0.1) is 52.5 Å². The number of fused-ring (bicyclic) bond motifs is 1. The number of hydrogen-bond acceptors (Lipinski definition) is 7. The quantitative estimate of drug-likeness (QED) is 0.432. The van der Waals surface area contributed by atoms with E-state index in [0.717, 1.165) is 0 Å². The van der Waals surface area contributed by atoms with Crippen LogP contribution in [-0.4, -0.2) is 59.3 Å². The van der Waals surface area contributed by atoms with Crippen molar-refractivity contribution in [3.8, 4) is 28.7 Å². The van der Waals surface area contributed by atoms with Crippen molar-refractivity contribution in [1.82, 2.24) is 4.90 Å². The summed E-state index contributed by atoms with van der Waals surface area (Å²) in [6, 6.07) is 12.9. The third-order valence-electron chi connectivity index (χ3n) is 6.63. The average Bonchev–Trinajstić information content (AvgIpc) is 2.93. The number of carbonyl (C=O) groups is 2. The summed E-state index contributed by atoms with van der Waals surface area (Å²) in [7, 11) is 9.24. The second-order valence-electron chi connectivity index (χ2n) is 8.59. The lowest BCUT2D eigenvalue weighted by Gasteiger charge is -2.40. The molecule has 0 radical (unpaired) electrons. The average molecular weight is 541 g/mol. The van der Waals surface area contributed by atoms with Gasteiger partial charge in [0.25, 0.3) is 5.91 Å². The molecule has 2 amide bonds. The molecule has 0 aromatic heterocycles. The summed E-state index contributed by atoms with van der Waals surface area (Å²) >= 11 is 6.30. The van der Waals surface area contributed by atoms with E-state index in [0.29, 0.717) is 56.1 Å². The van der Waals surface area contributed by atoms with Gasteiger partial charge in [-0.3, -0.25) is 9.59 Å². The van der Waals surface area contributed by atoms with Gasteiger partial charge in [-0.25, -0.2) is 0 Å². The van der Waals surface area contributed by atoms with Crippen LogP contribution in [0.15, 0.2) is 48.5 Å². The van der Waals surface area contributed by atoms with Crippen LogP contribution in [0.1, 0.15) is 33.4 Å². The Morgan fingerprint density at radius 1 is 0.789 bits per heavy atom. The van der Waals surface area contributed by atoms with E-state index in [1.165, 1.54) is 28.4 Å². The smallest absolute Gasteiger partial charge is 0.254 e. The zero-order valence-corrected chi connectivity index (χ0v) is 22.7. The molecule has 0 bridgehead atoms. The number of halogens is 1. The summed E-state index contributed by atoms with van der Waals surface area (Å²) < 4.78 is 27.0. The predicted octanol–water partition coefficient (Wildman–Crippen LogP) is 4.93. The Balaban J connectivity index is 1.88. The van der Waals surface area contributed by atoms with Gasteiger partial charge in [0, 0.05) is 18.3 Å². The number of nitrogens with one attached hydrogen (secondary N) is 1. The van der Waals surface area contributed by atoms with Crippen LogP contribution in [0.25, 0.3) is 0 Å². The second kappa shape index (κ2) is 11.1.